The first-order valence-corrected chi connectivity index (χ1v) is 8.29. The van der Waals surface area contributed by atoms with Crippen molar-refractivity contribution in [1.82, 2.24) is 10.3 Å². The van der Waals surface area contributed by atoms with E-state index in [0.717, 1.165) is 12.1 Å². The number of nitrogens with zero attached hydrogens (tertiary/aromatic N) is 1. The van der Waals surface area contributed by atoms with Crippen molar-refractivity contribution >= 4 is 11.6 Å². The van der Waals surface area contributed by atoms with Crippen LogP contribution >= 0.6 is 0 Å². The van der Waals surface area contributed by atoms with Crippen molar-refractivity contribution in [2.45, 2.75) is 51.0 Å². The fourth-order valence-corrected chi connectivity index (χ4v) is 2.81. The van der Waals surface area contributed by atoms with Crippen LogP contribution in [0.1, 0.15) is 55.4 Å². The Balaban J connectivity index is 1.87. The number of anilines is 1. The van der Waals surface area contributed by atoms with Crippen LogP contribution in [-0.2, 0) is 4.74 Å². The van der Waals surface area contributed by atoms with Gasteiger partial charge in [-0.15, -0.1) is 0 Å². The molecule has 0 unspecified atom stereocenters. The summed E-state index contributed by atoms with van der Waals surface area (Å²) in [4.78, 5) is 16.2. The second kappa shape index (κ2) is 9.41. The first-order valence-electron chi connectivity index (χ1n) is 8.29. The molecule has 1 amide bonds. The van der Waals surface area contributed by atoms with Gasteiger partial charge < -0.3 is 15.4 Å². The highest BCUT2D eigenvalue weighted by molar-refractivity contribution is 5.93. The predicted octanol–water partition coefficient (Wildman–Crippen LogP) is 2.98. The number of nitrogens with one attached hydrogen (secondary N) is 2. The molecule has 0 saturated heterocycles. The number of carbonyl (C=O) groups excluding carboxylic acids is 1. The Morgan fingerprint density at radius 3 is 2.82 bits per heavy atom. The Labute approximate surface area is 132 Å². The van der Waals surface area contributed by atoms with Gasteiger partial charge in [0.25, 0.3) is 5.91 Å². The maximum atomic E-state index is 12.1. The molecule has 1 fully saturated rings. The second-order valence-electron chi connectivity index (χ2n) is 5.86. The van der Waals surface area contributed by atoms with E-state index >= 15 is 0 Å². The molecule has 5 heteroatoms. The summed E-state index contributed by atoms with van der Waals surface area (Å²) in [5.74, 6) is -0.124. The maximum absolute atomic E-state index is 12.1. The highest BCUT2D eigenvalue weighted by Gasteiger charge is 2.13. The molecule has 1 aromatic rings. The van der Waals surface area contributed by atoms with Crippen molar-refractivity contribution in [3.05, 3.63) is 24.0 Å². The van der Waals surface area contributed by atoms with Crippen LogP contribution in [0, 0.1) is 0 Å². The molecule has 0 radical (unpaired) electrons. The van der Waals surface area contributed by atoms with E-state index in [1.807, 2.05) is 12.1 Å². The smallest absolute Gasteiger partial charge is 0.269 e. The molecule has 1 heterocycles. The van der Waals surface area contributed by atoms with Crippen molar-refractivity contribution < 1.29 is 9.53 Å². The largest absolute Gasteiger partial charge is 0.385 e. The van der Waals surface area contributed by atoms with Crippen molar-refractivity contribution in [3.63, 3.8) is 0 Å². The number of ether oxygens (including phenoxy) is 1. The van der Waals surface area contributed by atoms with Crippen molar-refractivity contribution in [3.8, 4) is 0 Å². The lowest BCUT2D eigenvalue weighted by Crippen LogP contribution is -2.26. The molecular formula is C17H27N3O2. The van der Waals surface area contributed by atoms with E-state index in [1.165, 1.54) is 38.5 Å². The Bertz CT molecular complexity index is 457. The minimum atomic E-state index is -0.124. The minimum absolute atomic E-state index is 0.124. The van der Waals surface area contributed by atoms with Gasteiger partial charge in [0.1, 0.15) is 5.69 Å². The van der Waals surface area contributed by atoms with Crippen LogP contribution in [0.3, 0.4) is 0 Å². The molecule has 0 bridgehead atoms. The monoisotopic (exact) mass is 305 g/mol. The van der Waals surface area contributed by atoms with E-state index in [4.69, 9.17) is 4.74 Å². The average Bonchev–Trinajstić information content (AvgIpc) is 2.80. The molecule has 0 spiro atoms. The van der Waals surface area contributed by atoms with Gasteiger partial charge in [-0.1, -0.05) is 25.7 Å². The summed E-state index contributed by atoms with van der Waals surface area (Å²) in [7, 11) is 1.66. The normalized spacial score (nSPS) is 16.0. The maximum Gasteiger partial charge on any atom is 0.269 e. The number of carbonyl (C=O) groups is 1. The fraction of sp³-hybridized carbons (Fsp3) is 0.647. The van der Waals surface area contributed by atoms with Gasteiger partial charge >= 0.3 is 0 Å². The highest BCUT2D eigenvalue weighted by atomic mass is 16.5. The van der Waals surface area contributed by atoms with E-state index in [9.17, 15) is 4.79 Å². The highest BCUT2D eigenvalue weighted by Crippen LogP contribution is 2.21. The summed E-state index contributed by atoms with van der Waals surface area (Å²) in [6.45, 7) is 1.26. The van der Waals surface area contributed by atoms with Crippen LogP contribution in [0.4, 0.5) is 5.69 Å². The average molecular weight is 305 g/mol. The van der Waals surface area contributed by atoms with Gasteiger partial charge in [0.05, 0.1) is 0 Å². The summed E-state index contributed by atoms with van der Waals surface area (Å²) in [6, 6.07) is 4.30. The molecule has 0 atom stereocenters. The predicted molar refractivity (Wildman–Crippen MR) is 88.2 cm³/mol. The first-order chi connectivity index (χ1) is 10.8. The van der Waals surface area contributed by atoms with Crippen molar-refractivity contribution in [2.75, 3.05) is 25.6 Å². The van der Waals surface area contributed by atoms with Crippen LogP contribution in [0.25, 0.3) is 0 Å². The molecule has 122 valence electrons. The topological polar surface area (TPSA) is 63.2 Å². The molecule has 1 aliphatic carbocycles. The second-order valence-corrected chi connectivity index (χ2v) is 5.86. The van der Waals surface area contributed by atoms with E-state index in [1.54, 1.807) is 13.3 Å². The zero-order chi connectivity index (χ0) is 15.6. The molecule has 0 aliphatic heterocycles. The summed E-state index contributed by atoms with van der Waals surface area (Å²) < 4.78 is 4.97. The fourth-order valence-electron chi connectivity index (χ4n) is 2.81. The van der Waals surface area contributed by atoms with Crippen LogP contribution in [-0.4, -0.2) is 37.2 Å². The minimum Gasteiger partial charge on any atom is -0.385 e. The van der Waals surface area contributed by atoms with Crippen LogP contribution in [0.15, 0.2) is 18.3 Å². The number of hydrogen-bond donors (Lipinski definition) is 2. The van der Waals surface area contributed by atoms with Gasteiger partial charge in [-0.3, -0.25) is 9.78 Å². The third-order valence-electron chi connectivity index (χ3n) is 4.03. The van der Waals surface area contributed by atoms with Gasteiger partial charge in [-0.25, -0.2) is 0 Å². The number of hydrogen-bond acceptors (Lipinski definition) is 4. The Kier molecular flexibility index (Phi) is 7.16. The summed E-state index contributed by atoms with van der Waals surface area (Å²) in [6.07, 6.45) is 10.2. The summed E-state index contributed by atoms with van der Waals surface area (Å²) in [5.41, 5.74) is 1.46. The van der Waals surface area contributed by atoms with Crippen molar-refractivity contribution in [1.29, 1.82) is 0 Å². The number of amides is 1. The first kappa shape index (κ1) is 16.7. The van der Waals surface area contributed by atoms with Crippen LogP contribution < -0.4 is 10.6 Å². The molecular weight excluding hydrogens is 278 g/mol. The number of methoxy groups -OCH3 is 1. The molecule has 1 aliphatic rings. The van der Waals surface area contributed by atoms with Gasteiger partial charge in [0.15, 0.2) is 0 Å². The van der Waals surface area contributed by atoms with Crippen molar-refractivity contribution in [2.24, 2.45) is 0 Å². The molecule has 2 rings (SSSR count). The van der Waals surface area contributed by atoms with Crippen LogP contribution in [0.2, 0.25) is 0 Å². The summed E-state index contributed by atoms with van der Waals surface area (Å²) in [5, 5.41) is 6.42. The molecule has 22 heavy (non-hydrogen) atoms. The zero-order valence-corrected chi connectivity index (χ0v) is 13.4. The molecule has 5 nitrogen and oxygen atoms in total. The third kappa shape index (κ3) is 5.64. The summed E-state index contributed by atoms with van der Waals surface area (Å²) >= 11 is 0. The van der Waals surface area contributed by atoms with Crippen LogP contribution in [0.5, 0.6) is 0 Å². The van der Waals surface area contributed by atoms with Gasteiger partial charge in [0.2, 0.25) is 0 Å². The molecule has 0 aromatic carbocycles. The third-order valence-corrected chi connectivity index (χ3v) is 4.03. The van der Waals surface area contributed by atoms with E-state index < -0.39 is 0 Å². The Hall–Kier alpha value is -1.62. The number of pyridine rings is 1. The SMILES string of the molecule is COCCCNC(=O)c1cc(NC2CCCCCC2)ccn1. The van der Waals surface area contributed by atoms with Gasteiger partial charge in [-0.2, -0.15) is 0 Å². The molecule has 1 saturated carbocycles. The van der Waals surface area contributed by atoms with E-state index in [0.29, 0.717) is 24.9 Å². The van der Waals surface area contributed by atoms with Gasteiger partial charge in [0, 0.05) is 38.2 Å². The quantitative estimate of drug-likeness (QED) is 0.600. The lowest BCUT2D eigenvalue weighted by molar-refractivity contribution is 0.0943. The number of aromatic nitrogens is 1. The molecule has 2 N–H and O–H groups in total. The van der Waals surface area contributed by atoms with E-state index in [2.05, 4.69) is 15.6 Å². The zero-order valence-electron chi connectivity index (χ0n) is 13.4. The van der Waals surface area contributed by atoms with E-state index in [-0.39, 0.29) is 5.91 Å². The van der Waals surface area contributed by atoms with Gasteiger partial charge in [-0.05, 0) is 31.4 Å². The Morgan fingerprint density at radius 2 is 2.09 bits per heavy atom. The lowest BCUT2D eigenvalue weighted by atomic mass is 10.1. The standard InChI is InChI=1S/C17H27N3O2/c1-22-12-6-10-19-17(21)16-13-15(9-11-18-16)20-14-7-4-2-3-5-8-14/h9,11,13-14H,2-8,10,12H2,1H3,(H,18,20)(H,19,21). The number of rotatable bonds is 7. The molecule has 1 aromatic heterocycles. The Morgan fingerprint density at radius 1 is 1.32 bits per heavy atom. The lowest BCUT2D eigenvalue weighted by Gasteiger charge is -2.17.